The van der Waals surface area contributed by atoms with Gasteiger partial charge >= 0.3 is 6.09 Å². The van der Waals surface area contributed by atoms with Gasteiger partial charge in [0.1, 0.15) is 17.2 Å². The second-order valence-corrected chi connectivity index (χ2v) is 9.00. The number of rotatable bonds is 4. The number of amides is 2. The third-order valence-electron chi connectivity index (χ3n) is 4.79. The number of hydrogen-bond acceptors (Lipinski definition) is 5. The molecule has 1 saturated heterocycles. The number of ether oxygens (including phenoxy) is 1. The molecule has 1 aromatic heterocycles. The third kappa shape index (κ3) is 6.75. The van der Waals surface area contributed by atoms with E-state index in [-0.39, 0.29) is 17.6 Å². The van der Waals surface area contributed by atoms with Crippen molar-refractivity contribution in [3.63, 3.8) is 0 Å². The third-order valence-corrected chi connectivity index (χ3v) is 5.01. The van der Waals surface area contributed by atoms with E-state index in [1.165, 1.54) is 18.3 Å². The quantitative estimate of drug-likeness (QED) is 0.612. The second kappa shape index (κ2) is 10.1. The highest BCUT2D eigenvalue weighted by molar-refractivity contribution is 6.30. The smallest absolute Gasteiger partial charge is 0.410 e. The molecule has 1 N–H and O–H groups in total. The van der Waals surface area contributed by atoms with Gasteiger partial charge in [-0.1, -0.05) is 11.6 Å². The van der Waals surface area contributed by atoms with E-state index in [1.807, 2.05) is 20.8 Å². The SMILES string of the molecule is CC(C)(C)OC(=O)N1CCC(/C=N/c2ccc(F)cc2C(=O)Nc2ccc(Cl)cn2)CC1. The summed E-state index contributed by atoms with van der Waals surface area (Å²) < 4.78 is 19.2. The van der Waals surface area contributed by atoms with E-state index in [2.05, 4.69) is 15.3 Å². The van der Waals surface area contributed by atoms with Crippen molar-refractivity contribution in [1.82, 2.24) is 9.88 Å². The van der Waals surface area contributed by atoms with Crippen LogP contribution in [-0.2, 0) is 4.74 Å². The van der Waals surface area contributed by atoms with Crippen molar-refractivity contribution in [2.75, 3.05) is 18.4 Å². The lowest BCUT2D eigenvalue weighted by molar-refractivity contribution is 0.0203. The molecule has 1 aromatic carbocycles. The van der Waals surface area contributed by atoms with Crippen LogP contribution in [0.1, 0.15) is 44.0 Å². The summed E-state index contributed by atoms with van der Waals surface area (Å²) in [5.74, 6) is -0.629. The van der Waals surface area contributed by atoms with Crippen LogP contribution in [0.15, 0.2) is 41.5 Å². The van der Waals surface area contributed by atoms with Crippen molar-refractivity contribution >= 4 is 41.3 Å². The Morgan fingerprint density at radius 3 is 2.59 bits per heavy atom. The van der Waals surface area contributed by atoms with Gasteiger partial charge in [0.2, 0.25) is 0 Å². The number of likely N-dealkylation sites (tertiary alicyclic amines) is 1. The Labute approximate surface area is 191 Å². The summed E-state index contributed by atoms with van der Waals surface area (Å²) in [6.45, 7) is 6.63. The Bertz CT molecular complexity index is 997. The molecule has 32 heavy (non-hydrogen) atoms. The summed E-state index contributed by atoms with van der Waals surface area (Å²) >= 11 is 5.81. The maximum absolute atomic E-state index is 13.8. The van der Waals surface area contributed by atoms with Gasteiger partial charge in [0.15, 0.2) is 0 Å². The van der Waals surface area contributed by atoms with Crippen molar-refractivity contribution in [2.45, 2.75) is 39.2 Å². The molecular formula is C23H26ClFN4O3. The van der Waals surface area contributed by atoms with Crippen LogP contribution in [0.25, 0.3) is 0 Å². The molecule has 0 bridgehead atoms. The zero-order valence-electron chi connectivity index (χ0n) is 18.3. The van der Waals surface area contributed by atoms with Gasteiger partial charge in [-0.15, -0.1) is 0 Å². The zero-order chi connectivity index (χ0) is 23.3. The van der Waals surface area contributed by atoms with Crippen molar-refractivity contribution < 1.29 is 18.7 Å². The van der Waals surface area contributed by atoms with Gasteiger partial charge < -0.3 is 15.0 Å². The molecule has 2 heterocycles. The Morgan fingerprint density at radius 2 is 1.97 bits per heavy atom. The molecule has 170 valence electrons. The maximum Gasteiger partial charge on any atom is 0.410 e. The van der Waals surface area contributed by atoms with E-state index < -0.39 is 17.3 Å². The molecule has 3 rings (SSSR count). The summed E-state index contributed by atoms with van der Waals surface area (Å²) in [7, 11) is 0. The molecule has 0 spiro atoms. The van der Waals surface area contributed by atoms with Gasteiger partial charge in [0.25, 0.3) is 5.91 Å². The van der Waals surface area contributed by atoms with Gasteiger partial charge in [-0.25, -0.2) is 14.2 Å². The number of aliphatic imine (C=N–C) groups is 1. The number of benzene rings is 1. The standard InChI is InChI=1S/C23H26ClFN4O3/c1-23(2,3)32-22(31)29-10-8-15(9-11-29)13-26-19-6-5-17(25)12-18(19)21(30)28-20-7-4-16(24)14-27-20/h4-7,12-15H,8-11H2,1-3H3,(H,27,28,30)/b26-13+. The number of nitrogens with zero attached hydrogens (tertiary/aromatic N) is 3. The van der Waals surface area contributed by atoms with E-state index in [0.29, 0.717) is 29.6 Å². The number of carbonyl (C=O) groups excluding carboxylic acids is 2. The minimum Gasteiger partial charge on any atom is -0.444 e. The first-order chi connectivity index (χ1) is 15.1. The Kier molecular flexibility index (Phi) is 7.45. The number of aromatic nitrogens is 1. The van der Waals surface area contributed by atoms with Crippen LogP contribution >= 0.6 is 11.6 Å². The maximum atomic E-state index is 13.8. The number of hydrogen-bond donors (Lipinski definition) is 1. The number of nitrogens with one attached hydrogen (secondary N) is 1. The van der Waals surface area contributed by atoms with Gasteiger partial charge in [-0.2, -0.15) is 0 Å². The fourth-order valence-electron chi connectivity index (χ4n) is 3.18. The van der Waals surface area contributed by atoms with Crippen molar-refractivity contribution in [3.05, 3.63) is 52.9 Å². The van der Waals surface area contributed by atoms with E-state index in [0.717, 1.165) is 18.9 Å². The fourth-order valence-corrected chi connectivity index (χ4v) is 3.29. The topological polar surface area (TPSA) is 83.9 Å². The van der Waals surface area contributed by atoms with E-state index in [4.69, 9.17) is 16.3 Å². The average molecular weight is 461 g/mol. The molecule has 7 nitrogen and oxygen atoms in total. The van der Waals surface area contributed by atoms with Crippen molar-refractivity contribution in [2.24, 2.45) is 10.9 Å². The first-order valence-electron chi connectivity index (χ1n) is 10.4. The molecule has 0 saturated carbocycles. The number of anilines is 1. The minimum atomic E-state index is -0.538. The largest absolute Gasteiger partial charge is 0.444 e. The van der Waals surface area contributed by atoms with Crippen LogP contribution in [0.5, 0.6) is 0 Å². The lowest BCUT2D eigenvalue weighted by Crippen LogP contribution is -2.41. The average Bonchev–Trinajstić information content (AvgIpc) is 2.73. The van der Waals surface area contributed by atoms with Crippen molar-refractivity contribution in [1.29, 1.82) is 0 Å². The molecule has 0 aliphatic carbocycles. The first-order valence-corrected chi connectivity index (χ1v) is 10.7. The Hall–Kier alpha value is -3.00. The molecule has 0 atom stereocenters. The molecule has 0 radical (unpaired) electrons. The monoisotopic (exact) mass is 460 g/mol. The second-order valence-electron chi connectivity index (χ2n) is 8.56. The summed E-state index contributed by atoms with van der Waals surface area (Å²) in [6.07, 6.45) is 4.30. The molecule has 9 heteroatoms. The Morgan fingerprint density at radius 1 is 1.25 bits per heavy atom. The first kappa shape index (κ1) is 23.7. The van der Waals surface area contributed by atoms with Gasteiger partial charge in [0.05, 0.1) is 16.3 Å². The van der Waals surface area contributed by atoms with E-state index >= 15 is 0 Å². The van der Waals surface area contributed by atoms with E-state index in [1.54, 1.807) is 23.2 Å². The number of piperidine rings is 1. The van der Waals surface area contributed by atoms with Gasteiger partial charge in [0, 0.05) is 25.5 Å². The van der Waals surface area contributed by atoms with Crippen LogP contribution in [0.2, 0.25) is 5.02 Å². The molecule has 0 unspecified atom stereocenters. The fraction of sp³-hybridized carbons (Fsp3) is 0.391. The molecule has 1 aliphatic rings. The predicted molar refractivity (Wildman–Crippen MR) is 122 cm³/mol. The Balaban J connectivity index is 1.64. The minimum absolute atomic E-state index is 0.101. The van der Waals surface area contributed by atoms with Crippen LogP contribution in [0, 0.1) is 11.7 Å². The highest BCUT2D eigenvalue weighted by Gasteiger charge is 2.26. The number of pyridine rings is 1. The lowest BCUT2D eigenvalue weighted by atomic mass is 9.98. The normalized spacial score (nSPS) is 15.1. The van der Waals surface area contributed by atoms with Crippen LogP contribution in [-0.4, -0.2) is 46.8 Å². The molecule has 2 aromatic rings. The highest BCUT2D eigenvalue weighted by Crippen LogP contribution is 2.24. The molecule has 2 amide bonds. The van der Waals surface area contributed by atoms with Crippen LogP contribution < -0.4 is 5.32 Å². The van der Waals surface area contributed by atoms with Gasteiger partial charge in [-0.3, -0.25) is 9.79 Å². The highest BCUT2D eigenvalue weighted by atomic mass is 35.5. The molecule has 1 aliphatic heterocycles. The van der Waals surface area contributed by atoms with Crippen molar-refractivity contribution in [3.8, 4) is 0 Å². The van der Waals surface area contributed by atoms with Gasteiger partial charge in [-0.05, 0) is 69.9 Å². The summed E-state index contributed by atoms with van der Waals surface area (Å²) in [5, 5.41) is 3.06. The number of carbonyl (C=O) groups is 2. The number of halogens is 2. The summed E-state index contributed by atoms with van der Waals surface area (Å²) in [5.41, 5.74) is -0.0761. The summed E-state index contributed by atoms with van der Waals surface area (Å²) in [4.78, 5) is 35.0. The zero-order valence-corrected chi connectivity index (χ0v) is 19.0. The molecular weight excluding hydrogens is 435 g/mol. The predicted octanol–water partition coefficient (Wildman–Crippen LogP) is 5.48. The van der Waals surface area contributed by atoms with Crippen LogP contribution in [0.3, 0.4) is 0 Å². The van der Waals surface area contributed by atoms with Crippen LogP contribution in [0.4, 0.5) is 20.7 Å². The lowest BCUT2D eigenvalue weighted by Gasteiger charge is -2.32. The summed E-state index contributed by atoms with van der Waals surface area (Å²) in [6, 6.07) is 7.02. The van der Waals surface area contributed by atoms with E-state index in [9.17, 15) is 14.0 Å². The molecule has 1 fully saturated rings.